The molecule has 8 heteroatoms. The van der Waals surface area contributed by atoms with E-state index >= 15 is 0 Å². The normalized spacial score (nSPS) is 20.3. The van der Waals surface area contributed by atoms with E-state index in [0.29, 0.717) is 6.42 Å². The largest absolute Gasteiger partial charge is 0.353 e. The molecule has 0 spiro atoms. The third-order valence-corrected chi connectivity index (χ3v) is 6.17. The molecule has 1 amide bonds. The lowest BCUT2D eigenvalue weighted by Crippen LogP contribution is -2.62. The highest BCUT2D eigenvalue weighted by Gasteiger charge is 2.40. The predicted octanol–water partition coefficient (Wildman–Crippen LogP) is 2.89. The highest BCUT2D eigenvalue weighted by atomic mass is 35.5. The second kappa shape index (κ2) is 13.7. The third kappa shape index (κ3) is 7.89. The minimum Gasteiger partial charge on any atom is -0.353 e. The molecular weight excluding hydrogens is 431 g/mol. The summed E-state index contributed by atoms with van der Waals surface area (Å²) in [6.07, 6.45) is 6.72. The zero-order valence-corrected chi connectivity index (χ0v) is 19.8. The molecule has 1 aromatic carbocycles. The Morgan fingerprint density at radius 2 is 1.62 bits per heavy atom. The fourth-order valence-corrected chi connectivity index (χ4v) is 4.35. The number of hydrogen-bond acceptors (Lipinski definition) is 4. The molecule has 2 aliphatic heterocycles. The number of piperidine rings is 2. The fourth-order valence-electron chi connectivity index (χ4n) is 4.35. The van der Waals surface area contributed by atoms with Gasteiger partial charge in [-0.1, -0.05) is 36.8 Å². The Kier molecular flexibility index (Phi) is 13.4. The first-order valence-electron chi connectivity index (χ1n) is 10.1. The van der Waals surface area contributed by atoms with Crippen LogP contribution in [0.4, 0.5) is 0 Å². The molecule has 0 aromatic heterocycles. The summed E-state index contributed by atoms with van der Waals surface area (Å²) >= 11 is 0. The van der Waals surface area contributed by atoms with Crippen LogP contribution in [0.3, 0.4) is 0 Å². The number of nitrogens with one attached hydrogen (secondary N) is 1. The Morgan fingerprint density at radius 3 is 2.21 bits per heavy atom. The van der Waals surface area contributed by atoms with E-state index in [1.54, 1.807) is 0 Å². The van der Waals surface area contributed by atoms with Crippen molar-refractivity contribution in [3.8, 4) is 0 Å². The van der Waals surface area contributed by atoms with Crippen LogP contribution < -0.4 is 11.1 Å². The van der Waals surface area contributed by atoms with Crippen molar-refractivity contribution in [2.45, 2.75) is 50.1 Å². The van der Waals surface area contributed by atoms with E-state index in [0.717, 1.165) is 51.1 Å². The molecule has 29 heavy (non-hydrogen) atoms. The molecule has 5 nitrogen and oxygen atoms in total. The van der Waals surface area contributed by atoms with Gasteiger partial charge in [0, 0.05) is 12.1 Å². The SMILES string of the molecule is CN1CCC(CNC(=O)C(N)Cc2ccccc2)(N2CCCCC2)CC1.Cl.Cl.Cl. The van der Waals surface area contributed by atoms with Crippen molar-refractivity contribution in [2.75, 3.05) is 39.8 Å². The van der Waals surface area contributed by atoms with Gasteiger partial charge in [0.15, 0.2) is 0 Å². The van der Waals surface area contributed by atoms with Crippen molar-refractivity contribution < 1.29 is 4.79 Å². The van der Waals surface area contributed by atoms with Crippen LogP contribution in [-0.2, 0) is 11.2 Å². The number of nitrogens with two attached hydrogens (primary N) is 1. The van der Waals surface area contributed by atoms with Gasteiger partial charge in [-0.3, -0.25) is 9.69 Å². The molecule has 1 unspecified atom stereocenters. The van der Waals surface area contributed by atoms with Crippen LogP contribution >= 0.6 is 37.2 Å². The van der Waals surface area contributed by atoms with Crippen LogP contribution in [0.15, 0.2) is 30.3 Å². The molecule has 168 valence electrons. The molecule has 0 radical (unpaired) electrons. The number of rotatable bonds is 6. The quantitative estimate of drug-likeness (QED) is 0.675. The summed E-state index contributed by atoms with van der Waals surface area (Å²) in [7, 11) is 2.19. The molecule has 3 rings (SSSR count). The van der Waals surface area contributed by atoms with Gasteiger partial charge < -0.3 is 16.0 Å². The lowest BCUT2D eigenvalue weighted by molar-refractivity contribution is -0.123. The maximum Gasteiger partial charge on any atom is 0.237 e. The van der Waals surface area contributed by atoms with Gasteiger partial charge in [-0.2, -0.15) is 0 Å². The first-order chi connectivity index (χ1) is 12.6. The van der Waals surface area contributed by atoms with Gasteiger partial charge in [0.1, 0.15) is 0 Å². The highest BCUT2D eigenvalue weighted by molar-refractivity contribution is 5.86. The maximum atomic E-state index is 12.6. The van der Waals surface area contributed by atoms with E-state index in [1.807, 2.05) is 30.3 Å². The molecule has 1 aromatic rings. The molecule has 2 fully saturated rings. The van der Waals surface area contributed by atoms with Crippen LogP contribution in [0.5, 0.6) is 0 Å². The summed E-state index contributed by atoms with van der Waals surface area (Å²) in [5, 5.41) is 3.20. The number of nitrogens with zero attached hydrogens (tertiary/aromatic N) is 2. The first-order valence-corrected chi connectivity index (χ1v) is 10.1. The molecule has 0 bridgehead atoms. The molecule has 2 saturated heterocycles. The van der Waals surface area contributed by atoms with E-state index in [1.165, 1.54) is 19.3 Å². The molecular formula is C21H37Cl3N4O. The average Bonchev–Trinajstić information content (AvgIpc) is 2.69. The Bertz CT molecular complexity index is 577. The zero-order valence-electron chi connectivity index (χ0n) is 17.3. The summed E-state index contributed by atoms with van der Waals surface area (Å²) in [6, 6.07) is 9.53. The second-order valence-electron chi connectivity index (χ2n) is 8.09. The Labute approximate surface area is 194 Å². The number of carbonyl (C=O) groups excluding carboxylic acids is 1. The van der Waals surface area contributed by atoms with Crippen molar-refractivity contribution in [1.29, 1.82) is 0 Å². The van der Waals surface area contributed by atoms with Gasteiger partial charge >= 0.3 is 0 Å². The predicted molar refractivity (Wildman–Crippen MR) is 128 cm³/mol. The van der Waals surface area contributed by atoms with Crippen LogP contribution in [0.2, 0.25) is 0 Å². The number of hydrogen-bond donors (Lipinski definition) is 2. The molecule has 0 aliphatic carbocycles. The Hall–Kier alpha value is -0.560. The van der Waals surface area contributed by atoms with E-state index in [2.05, 4.69) is 22.2 Å². The summed E-state index contributed by atoms with van der Waals surface area (Å²) < 4.78 is 0. The highest BCUT2D eigenvalue weighted by Crippen LogP contribution is 2.30. The van der Waals surface area contributed by atoms with Crippen LogP contribution in [0, 0.1) is 0 Å². The topological polar surface area (TPSA) is 61.6 Å². The molecule has 1 atom stereocenters. The maximum absolute atomic E-state index is 12.6. The Balaban J connectivity index is 0.00000261. The summed E-state index contributed by atoms with van der Waals surface area (Å²) in [5.41, 5.74) is 7.39. The van der Waals surface area contributed by atoms with Crippen molar-refractivity contribution in [3.63, 3.8) is 0 Å². The van der Waals surface area contributed by atoms with Crippen LogP contribution in [0.1, 0.15) is 37.7 Å². The number of likely N-dealkylation sites (tertiary alicyclic amines) is 2. The van der Waals surface area contributed by atoms with E-state index < -0.39 is 6.04 Å². The number of amides is 1. The van der Waals surface area contributed by atoms with Crippen molar-refractivity contribution in [2.24, 2.45) is 5.73 Å². The van der Waals surface area contributed by atoms with Gasteiger partial charge in [0.25, 0.3) is 0 Å². The first kappa shape index (κ1) is 28.4. The van der Waals surface area contributed by atoms with Gasteiger partial charge in [0.2, 0.25) is 5.91 Å². The van der Waals surface area contributed by atoms with E-state index in [4.69, 9.17) is 5.73 Å². The number of halogens is 3. The van der Waals surface area contributed by atoms with Gasteiger partial charge in [0.05, 0.1) is 6.04 Å². The van der Waals surface area contributed by atoms with E-state index in [-0.39, 0.29) is 48.7 Å². The monoisotopic (exact) mass is 466 g/mol. The average molecular weight is 468 g/mol. The Morgan fingerprint density at radius 1 is 1.03 bits per heavy atom. The minimum atomic E-state index is -0.484. The third-order valence-electron chi connectivity index (χ3n) is 6.17. The minimum absolute atomic E-state index is 0. The molecule has 2 heterocycles. The fraction of sp³-hybridized carbons (Fsp3) is 0.667. The van der Waals surface area contributed by atoms with E-state index in [9.17, 15) is 4.79 Å². The number of carbonyl (C=O) groups is 1. The van der Waals surface area contributed by atoms with Crippen LogP contribution in [0.25, 0.3) is 0 Å². The van der Waals surface area contributed by atoms with Gasteiger partial charge in [-0.15, -0.1) is 37.2 Å². The van der Waals surface area contributed by atoms with Crippen molar-refractivity contribution >= 4 is 43.1 Å². The van der Waals surface area contributed by atoms with Crippen molar-refractivity contribution in [3.05, 3.63) is 35.9 Å². The van der Waals surface area contributed by atoms with Gasteiger partial charge in [-0.25, -0.2) is 0 Å². The zero-order chi connectivity index (χ0) is 18.4. The second-order valence-corrected chi connectivity index (χ2v) is 8.09. The lowest BCUT2D eigenvalue weighted by atomic mass is 9.84. The number of benzene rings is 1. The lowest BCUT2D eigenvalue weighted by Gasteiger charge is -2.50. The standard InChI is InChI=1S/C21H34N4O.3ClH/c1-24-14-10-21(11-15-24,25-12-6-3-7-13-25)17-23-20(26)19(22)16-18-8-4-2-5-9-18;;;/h2,4-5,8-9,19H,3,6-7,10-17,22H2,1H3,(H,23,26);3*1H. The smallest absolute Gasteiger partial charge is 0.237 e. The molecule has 0 saturated carbocycles. The van der Waals surface area contributed by atoms with Crippen LogP contribution in [-0.4, -0.2) is 67.1 Å². The summed E-state index contributed by atoms with van der Waals surface area (Å²) in [6.45, 7) is 5.25. The summed E-state index contributed by atoms with van der Waals surface area (Å²) in [4.78, 5) is 17.7. The molecule has 3 N–H and O–H groups in total. The van der Waals surface area contributed by atoms with Crippen molar-refractivity contribution in [1.82, 2.24) is 15.1 Å². The van der Waals surface area contributed by atoms with Gasteiger partial charge in [-0.05, 0) is 70.9 Å². The molecule has 2 aliphatic rings. The summed E-state index contributed by atoms with van der Waals surface area (Å²) in [5.74, 6) is -0.0239.